The van der Waals surface area contributed by atoms with E-state index < -0.39 is 18.5 Å². The second-order valence-corrected chi connectivity index (χ2v) is 5.86. The molecule has 5 nitrogen and oxygen atoms in total. The molecule has 0 aliphatic rings. The van der Waals surface area contributed by atoms with Crippen molar-refractivity contribution in [2.45, 2.75) is 0 Å². The lowest BCUT2D eigenvalue weighted by molar-refractivity contribution is -0.149. The van der Waals surface area contributed by atoms with Crippen LogP contribution in [-0.2, 0) is 14.3 Å². The maximum Gasteiger partial charge on any atom is 0.344 e. The summed E-state index contributed by atoms with van der Waals surface area (Å²) in [6, 6.07) is 11.1. The molecule has 0 aromatic heterocycles. The lowest BCUT2D eigenvalue weighted by Crippen LogP contribution is -2.23. The summed E-state index contributed by atoms with van der Waals surface area (Å²) in [5.41, 5.74) is 0.546. The van der Waals surface area contributed by atoms with Crippen LogP contribution in [0, 0.1) is 0 Å². The first kappa shape index (κ1) is 18.4. The van der Waals surface area contributed by atoms with Gasteiger partial charge in [0.25, 0.3) is 5.91 Å². The van der Waals surface area contributed by atoms with Gasteiger partial charge in [0.2, 0.25) is 0 Å². The highest BCUT2D eigenvalue weighted by Crippen LogP contribution is 2.27. The van der Waals surface area contributed by atoms with E-state index in [0.29, 0.717) is 21.5 Å². The summed E-state index contributed by atoms with van der Waals surface area (Å²) in [6.07, 6.45) is 0. The number of carbonyl (C=O) groups is 2. The Morgan fingerprint density at radius 3 is 2.25 bits per heavy atom. The number of benzene rings is 2. The van der Waals surface area contributed by atoms with Crippen molar-refractivity contribution in [3.05, 3.63) is 57.5 Å². The molecule has 0 saturated carbocycles. The van der Waals surface area contributed by atoms with Gasteiger partial charge in [0.05, 0.1) is 5.02 Å². The van der Waals surface area contributed by atoms with E-state index in [0.717, 1.165) is 0 Å². The van der Waals surface area contributed by atoms with Crippen LogP contribution < -0.4 is 10.1 Å². The normalized spacial score (nSPS) is 10.1. The first-order valence-electron chi connectivity index (χ1n) is 6.73. The molecule has 2 aromatic rings. The van der Waals surface area contributed by atoms with E-state index in [4.69, 9.17) is 44.3 Å². The fourth-order valence-electron chi connectivity index (χ4n) is 1.65. The lowest BCUT2D eigenvalue weighted by Gasteiger charge is -2.09. The Morgan fingerprint density at radius 1 is 0.917 bits per heavy atom. The molecule has 0 aliphatic heterocycles. The molecule has 0 heterocycles. The number of esters is 1. The average Bonchev–Trinajstić information content (AvgIpc) is 2.54. The molecule has 2 aromatic carbocycles. The number of anilines is 1. The maximum absolute atomic E-state index is 11.7. The predicted molar refractivity (Wildman–Crippen MR) is 93.0 cm³/mol. The Labute approximate surface area is 153 Å². The number of halogens is 3. The van der Waals surface area contributed by atoms with Crippen LogP contribution in [0.5, 0.6) is 5.75 Å². The van der Waals surface area contributed by atoms with E-state index in [1.54, 1.807) is 30.3 Å². The molecule has 126 valence electrons. The Balaban J connectivity index is 1.74. The molecule has 8 heteroatoms. The van der Waals surface area contributed by atoms with E-state index >= 15 is 0 Å². The average molecular weight is 389 g/mol. The number of rotatable bonds is 6. The molecule has 0 spiro atoms. The van der Waals surface area contributed by atoms with Gasteiger partial charge in [-0.25, -0.2) is 4.79 Å². The minimum atomic E-state index is -0.702. The summed E-state index contributed by atoms with van der Waals surface area (Å²) in [7, 11) is 0. The van der Waals surface area contributed by atoms with Crippen molar-refractivity contribution in [1.82, 2.24) is 0 Å². The molecule has 0 unspecified atom stereocenters. The zero-order chi connectivity index (χ0) is 17.5. The summed E-state index contributed by atoms with van der Waals surface area (Å²) < 4.78 is 10.0. The summed E-state index contributed by atoms with van der Waals surface area (Å²) in [5, 5.41) is 3.84. The first-order chi connectivity index (χ1) is 11.4. The number of nitrogens with one attached hydrogen (secondary N) is 1. The van der Waals surface area contributed by atoms with E-state index in [-0.39, 0.29) is 11.6 Å². The van der Waals surface area contributed by atoms with Crippen LogP contribution in [-0.4, -0.2) is 25.1 Å². The van der Waals surface area contributed by atoms with Gasteiger partial charge in [-0.3, -0.25) is 4.79 Å². The molecule has 0 bridgehead atoms. The maximum atomic E-state index is 11.7. The third-order valence-electron chi connectivity index (χ3n) is 2.73. The largest absolute Gasteiger partial charge is 0.480 e. The van der Waals surface area contributed by atoms with Crippen molar-refractivity contribution in [1.29, 1.82) is 0 Å². The molecule has 24 heavy (non-hydrogen) atoms. The molecule has 1 N–H and O–H groups in total. The molecule has 0 atom stereocenters. The van der Waals surface area contributed by atoms with Crippen LogP contribution in [0.2, 0.25) is 15.1 Å². The first-order valence-corrected chi connectivity index (χ1v) is 7.86. The molecule has 0 aliphatic carbocycles. The van der Waals surface area contributed by atoms with Crippen LogP contribution >= 0.6 is 34.8 Å². The van der Waals surface area contributed by atoms with E-state index in [9.17, 15) is 9.59 Å². The topological polar surface area (TPSA) is 64.6 Å². The van der Waals surface area contributed by atoms with Gasteiger partial charge >= 0.3 is 5.97 Å². The number of hydrogen-bond acceptors (Lipinski definition) is 4. The van der Waals surface area contributed by atoms with E-state index in [1.807, 2.05) is 0 Å². The summed E-state index contributed by atoms with van der Waals surface area (Å²) >= 11 is 17.4. The minimum absolute atomic E-state index is 0.274. The second-order valence-electron chi connectivity index (χ2n) is 4.58. The Hall–Kier alpha value is -1.95. The van der Waals surface area contributed by atoms with Gasteiger partial charge in [-0.15, -0.1) is 0 Å². The van der Waals surface area contributed by atoms with Gasteiger partial charge in [0.1, 0.15) is 5.75 Å². The molecule has 1 amide bonds. The molecule has 0 radical (unpaired) electrons. The third-order valence-corrected chi connectivity index (χ3v) is 3.51. The van der Waals surface area contributed by atoms with Gasteiger partial charge in [-0.05, 0) is 42.5 Å². The van der Waals surface area contributed by atoms with Crippen LogP contribution in [0.1, 0.15) is 0 Å². The van der Waals surface area contributed by atoms with Crippen molar-refractivity contribution in [2.24, 2.45) is 0 Å². The van der Waals surface area contributed by atoms with Crippen LogP contribution in [0.3, 0.4) is 0 Å². The fraction of sp³-hybridized carbons (Fsp3) is 0.125. The van der Waals surface area contributed by atoms with Gasteiger partial charge < -0.3 is 14.8 Å². The van der Waals surface area contributed by atoms with E-state index in [2.05, 4.69) is 5.32 Å². The van der Waals surface area contributed by atoms with Gasteiger partial charge in [-0.2, -0.15) is 0 Å². The molecular weight excluding hydrogens is 377 g/mol. The summed E-state index contributed by atoms with van der Waals surface area (Å²) in [4.78, 5) is 23.3. The monoisotopic (exact) mass is 387 g/mol. The van der Waals surface area contributed by atoms with Crippen molar-refractivity contribution in [3.63, 3.8) is 0 Å². The van der Waals surface area contributed by atoms with E-state index in [1.165, 1.54) is 12.1 Å². The van der Waals surface area contributed by atoms with Crippen LogP contribution in [0.4, 0.5) is 5.69 Å². The highest BCUT2D eigenvalue weighted by atomic mass is 35.5. The number of carbonyl (C=O) groups excluding carboxylic acids is 2. The SMILES string of the molecule is O=C(COC(=O)COc1ccc(Cl)cc1Cl)Nc1ccc(Cl)cc1. The summed E-state index contributed by atoms with van der Waals surface area (Å²) in [5.74, 6) is -0.883. The predicted octanol–water partition coefficient (Wildman–Crippen LogP) is 4.21. The highest BCUT2D eigenvalue weighted by Gasteiger charge is 2.10. The Morgan fingerprint density at radius 2 is 1.58 bits per heavy atom. The van der Waals surface area contributed by atoms with Crippen molar-refractivity contribution >= 4 is 52.4 Å². The lowest BCUT2D eigenvalue weighted by atomic mass is 10.3. The molecule has 0 saturated heterocycles. The number of amides is 1. The van der Waals surface area contributed by atoms with Crippen LogP contribution in [0.15, 0.2) is 42.5 Å². The summed E-state index contributed by atoms with van der Waals surface area (Å²) in [6.45, 7) is -0.811. The van der Waals surface area contributed by atoms with Crippen LogP contribution in [0.25, 0.3) is 0 Å². The molecule has 0 fully saturated rings. The molecular formula is C16H12Cl3NO4. The number of hydrogen-bond donors (Lipinski definition) is 1. The van der Waals surface area contributed by atoms with Gasteiger partial charge in [0.15, 0.2) is 13.2 Å². The Kier molecular flexibility index (Phi) is 6.73. The fourth-order valence-corrected chi connectivity index (χ4v) is 2.24. The highest BCUT2D eigenvalue weighted by molar-refractivity contribution is 6.35. The smallest absolute Gasteiger partial charge is 0.344 e. The van der Waals surface area contributed by atoms with Gasteiger partial charge in [0, 0.05) is 15.7 Å². The zero-order valence-corrected chi connectivity index (χ0v) is 14.5. The van der Waals surface area contributed by atoms with Crippen molar-refractivity contribution in [2.75, 3.05) is 18.5 Å². The van der Waals surface area contributed by atoms with Crippen molar-refractivity contribution in [3.8, 4) is 5.75 Å². The second kappa shape index (κ2) is 8.78. The standard InChI is InChI=1S/C16H12Cl3NO4/c17-10-1-4-12(5-2-10)20-15(21)8-24-16(22)9-23-14-6-3-11(18)7-13(14)19/h1-7H,8-9H2,(H,20,21). The molecule has 2 rings (SSSR count). The third kappa shape index (κ3) is 5.92. The van der Waals surface area contributed by atoms with Crippen molar-refractivity contribution < 1.29 is 19.1 Å². The number of ether oxygens (including phenoxy) is 2. The zero-order valence-electron chi connectivity index (χ0n) is 12.2. The quantitative estimate of drug-likeness (QED) is 0.753. The Bertz CT molecular complexity index is 735. The minimum Gasteiger partial charge on any atom is -0.480 e. The van der Waals surface area contributed by atoms with Gasteiger partial charge in [-0.1, -0.05) is 34.8 Å².